The van der Waals surface area contributed by atoms with Crippen LogP contribution in [-0.4, -0.2) is 0 Å². The smallest absolute Gasteiger partial charge is 0.159 e. The van der Waals surface area contributed by atoms with Crippen molar-refractivity contribution < 1.29 is 17.9 Å². The first-order valence-corrected chi connectivity index (χ1v) is 5.87. The molecule has 0 amide bonds. The molecule has 0 atom stereocenters. The van der Waals surface area contributed by atoms with Gasteiger partial charge in [0.15, 0.2) is 11.6 Å². The van der Waals surface area contributed by atoms with Crippen LogP contribution in [-0.2, 0) is 6.61 Å². The monoisotopic (exact) mass is 316 g/mol. The van der Waals surface area contributed by atoms with Crippen LogP contribution in [0.15, 0.2) is 40.9 Å². The second-order valence-corrected chi connectivity index (χ2v) is 4.47. The predicted octanol–water partition coefficient (Wildman–Crippen LogP) is 4.45. The van der Waals surface area contributed by atoms with Gasteiger partial charge >= 0.3 is 0 Å². The van der Waals surface area contributed by atoms with Gasteiger partial charge in [-0.2, -0.15) is 0 Å². The van der Waals surface area contributed by atoms with E-state index in [0.717, 1.165) is 12.1 Å². The van der Waals surface area contributed by atoms with Crippen LogP contribution in [0.3, 0.4) is 0 Å². The van der Waals surface area contributed by atoms with E-state index in [1.54, 1.807) is 0 Å². The van der Waals surface area contributed by atoms with Crippen LogP contribution < -0.4 is 4.74 Å². The summed E-state index contributed by atoms with van der Waals surface area (Å²) in [5, 5.41) is 0. The van der Waals surface area contributed by atoms with E-state index in [0.29, 0.717) is 15.8 Å². The van der Waals surface area contributed by atoms with E-state index in [4.69, 9.17) is 4.74 Å². The molecule has 0 aliphatic heterocycles. The fraction of sp³-hybridized carbons (Fsp3) is 0.0769. The first kappa shape index (κ1) is 13.0. The molecule has 94 valence electrons. The first-order valence-electron chi connectivity index (χ1n) is 5.08. The lowest BCUT2D eigenvalue weighted by molar-refractivity contribution is 0.302. The SMILES string of the molecule is Fc1ccc(OCc2ccc(F)c(F)c2)c(Br)c1. The molecule has 0 heterocycles. The Kier molecular flexibility index (Phi) is 3.91. The summed E-state index contributed by atoms with van der Waals surface area (Å²) in [6.07, 6.45) is 0. The molecule has 0 aliphatic rings. The van der Waals surface area contributed by atoms with Crippen molar-refractivity contribution in [3.8, 4) is 5.75 Å². The first-order chi connectivity index (χ1) is 8.56. The standard InChI is InChI=1S/C13H8BrF3O/c14-10-6-9(15)2-4-13(10)18-7-8-1-3-11(16)12(17)5-8/h1-6H,7H2. The van der Waals surface area contributed by atoms with Crippen molar-refractivity contribution in [2.45, 2.75) is 6.61 Å². The molecule has 0 bridgehead atoms. The third-order valence-corrected chi connectivity index (χ3v) is 2.89. The fourth-order valence-corrected chi connectivity index (χ4v) is 1.85. The Bertz CT molecular complexity index is 572. The number of rotatable bonds is 3. The molecular weight excluding hydrogens is 309 g/mol. The molecule has 2 rings (SSSR count). The van der Waals surface area contributed by atoms with Crippen molar-refractivity contribution in [3.63, 3.8) is 0 Å². The lowest BCUT2D eigenvalue weighted by Gasteiger charge is -2.08. The van der Waals surface area contributed by atoms with Gasteiger partial charge in [-0.1, -0.05) is 6.07 Å². The average molecular weight is 317 g/mol. The minimum atomic E-state index is -0.922. The largest absolute Gasteiger partial charge is 0.488 e. The van der Waals surface area contributed by atoms with Gasteiger partial charge in [0.2, 0.25) is 0 Å². The highest BCUT2D eigenvalue weighted by molar-refractivity contribution is 9.10. The van der Waals surface area contributed by atoms with E-state index >= 15 is 0 Å². The van der Waals surface area contributed by atoms with Crippen LogP contribution in [0.2, 0.25) is 0 Å². The van der Waals surface area contributed by atoms with Gasteiger partial charge in [0.25, 0.3) is 0 Å². The molecule has 5 heteroatoms. The second-order valence-electron chi connectivity index (χ2n) is 3.61. The molecule has 0 aromatic heterocycles. The van der Waals surface area contributed by atoms with E-state index in [-0.39, 0.29) is 12.4 Å². The topological polar surface area (TPSA) is 9.23 Å². The van der Waals surface area contributed by atoms with Crippen LogP contribution in [0.5, 0.6) is 5.75 Å². The molecule has 0 saturated carbocycles. The van der Waals surface area contributed by atoms with Crippen molar-refractivity contribution in [2.24, 2.45) is 0 Å². The molecule has 0 saturated heterocycles. The Hall–Kier alpha value is -1.49. The Labute approximate surface area is 110 Å². The van der Waals surface area contributed by atoms with Gasteiger partial charge < -0.3 is 4.74 Å². The van der Waals surface area contributed by atoms with Gasteiger partial charge in [0, 0.05) is 0 Å². The molecule has 0 spiro atoms. The molecule has 0 fully saturated rings. The number of halogens is 4. The van der Waals surface area contributed by atoms with Crippen LogP contribution in [0.25, 0.3) is 0 Å². The fourth-order valence-electron chi connectivity index (χ4n) is 1.38. The average Bonchev–Trinajstić information content (AvgIpc) is 2.32. The highest BCUT2D eigenvalue weighted by atomic mass is 79.9. The molecule has 2 aromatic rings. The third kappa shape index (κ3) is 3.04. The van der Waals surface area contributed by atoms with Gasteiger partial charge in [-0.3, -0.25) is 0 Å². The molecule has 0 aliphatic carbocycles. The molecule has 0 unspecified atom stereocenters. The summed E-state index contributed by atoms with van der Waals surface area (Å²) < 4.78 is 44.3. The van der Waals surface area contributed by atoms with Crippen molar-refractivity contribution in [3.05, 3.63) is 63.9 Å². The highest BCUT2D eigenvalue weighted by Gasteiger charge is 2.05. The zero-order valence-corrected chi connectivity index (χ0v) is 10.7. The normalized spacial score (nSPS) is 10.4. The molecule has 0 radical (unpaired) electrons. The quantitative estimate of drug-likeness (QED) is 0.813. The molecular formula is C13H8BrF3O. The van der Waals surface area contributed by atoms with Crippen LogP contribution >= 0.6 is 15.9 Å². The van der Waals surface area contributed by atoms with Crippen LogP contribution in [0, 0.1) is 17.5 Å². The van der Waals surface area contributed by atoms with Crippen molar-refractivity contribution >= 4 is 15.9 Å². The lowest BCUT2D eigenvalue weighted by Crippen LogP contribution is -1.98. The number of hydrogen-bond donors (Lipinski definition) is 0. The maximum atomic E-state index is 12.9. The molecule has 1 nitrogen and oxygen atoms in total. The maximum absolute atomic E-state index is 12.9. The van der Waals surface area contributed by atoms with Crippen molar-refractivity contribution in [1.82, 2.24) is 0 Å². The third-order valence-electron chi connectivity index (χ3n) is 2.27. The number of ether oxygens (including phenoxy) is 1. The summed E-state index contributed by atoms with van der Waals surface area (Å²) >= 11 is 3.15. The van der Waals surface area contributed by atoms with Gasteiger partial charge in [0.1, 0.15) is 18.2 Å². The van der Waals surface area contributed by atoms with Crippen molar-refractivity contribution in [2.75, 3.05) is 0 Å². The highest BCUT2D eigenvalue weighted by Crippen LogP contribution is 2.26. The molecule has 0 N–H and O–H groups in total. The Balaban J connectivity index is 2.09. The minimum Gasteiger partial charge on any atom is -0.488 e. The molecule has 18 heavy (non-hydrogen) atoms. The van der Waals surface area contributed by atoms with Gasteiger partial charge in [0.05, 0.1) is 4.47 Å². The summed E-state index contributed by atoms with van der Waals surface area (Å²) in [6.45, 7) is 0.0709. The predicted molar refractivity (Wildman–Crippen MR) is 64.8 cm³/mol. The maximum Gasteiger partial charge on any atom is 0.159 e. The summed E-state index contributed by atoms with van der Waals surface area (Å²) in [6, 6.07) is 7.50. The second kappa shape index (κ2) is 5.44. The lowest BCUT2D eigenvalue weighted by atomic mass is 10.2. The Morgan fingerprint density at radius 1 is 0.944 bits per heavy atom. The van der Waals surface area contributed by atoms with E-state index < -0.39 is 11.6 Å². The van der Waals surface area contributed by atoms with E-state index in [1.807, 2.05) is 0 Å². The van der Waals surface area contributed by atoms with Gasteiger partial charge in [-0.25, -0.2) is 13.2 Å². The van der Waals surface area contributed by atoms with Crippen LogP contribution in [0.4, 0.5) is 13.2 Å². The summed E-state index contributed by atoms with van der Waals surface area (Å²) in [5.74, 6) is -1.78. The van der Waals surface area contributed by atoms with E-state index in [2.05, 4.69) is 15.9 Å². The van der Waals surface area contributed by atoms with E-state index in [9.17, 15) is 13.2 Å². The zero-order valence-electron chi connectivity index (χ0n) is 9.09. The summed E-state index contributed by atoms with van der Waals surface area (Å²) in [4.78, 5) is 0. The Morgan fingerprint density at radius 2 is 1.72 bits per heavy atom. The van der Waals surface area contributed by atoms with E-state index in [1.165, 1.54) is 24.3 Å². The minimum absolute atomic E-state index is 0.0709. The van der Waals surface area contributed by atoms with Gasteiger partial charge in [-0.05, 0) is 51.8 Å². The van der Waals surface area contributed by atoms with Crippen molar-refractivity contribution in [1.29, 1.82) is 0 Å². The van der Waals surface area contributed by atoms with Crippen LogP contribution in [0.1, 0.15) is 5.56 Å². The number of benzene rings is 2. The van der Waals surface area contributed by atoms with Gasteiger partial charge in [-0.15, -0.1) is 0 Å². The zero-order chi connectivity index (χ0) is 13.1. The number of hydrogen-bond acceptors (Lipinski definition) is 1. The molecule has 2 aromatic carbocycles. The summed E-state index contributed by atoms with van der Waals surface area (Å²) in [5.41, 5.74) is 0.491. The Morgan fingerprint density at radius 3 is 2.39 bits per heavy atom. The summed E-state index contributed by atoms with van der Waals surface area (Å²) in [7, 11) is 0.